The van der Waals surface area contributed by atoms with Crippen molar-refractivity contribution in [1.29, 1.82) is 0 Å². The zero-order valence-electron chi connectivity index (χ0n) is 4.63. The number of hydrogen-bond acceptors (Lipinski definition) is 2. The van der Waals surface area contributed by atoms with Gasteiger partial charge in [-0.1, -0.05) is 17.7 Å². The predicted octanol–water partition coefficient (Wildman–Crippen LogP) is 1.22. The molecule has 0 fully saturated rings. The van der Waals surface area contributed by atoms with E-state index in [1.54, 1.807) is 12.2 Å². The average Bonchev–Trinajstić information content (AvgIpc) is 1.99. The Kier molecular flexibility index (Phi) is 1.90. The smallest absolute Gasteiger partial charge is 0.350 e. The van der Waals surface area contributed by atoms with E-state index in [0.717, 1.165) is 0 Å². The van der Waals surface area contributed by atoms with Gasteiger partial charge in [0.1, 0.15) is 11.6 Å². The molecule has 0 saturated heterocycles. The minimum absolute atomic E-state index is 0.128. The summed E-state index contributed by atoms with van der Waals surface area (Å²) in [4.78, 5) is 10.6. The van der Waals surface area contributed by atoms with Crippen molar-refractivity contribution in [3.8, 4) is 0 Å². The van der Waals surface area contributed by atoms with E-state index in [2.05, 4.69) is 4.74 Å². The van der Waals surface area contributed by atoms with Gasteiger partial charge in [-0.15, -0.1) is 0 Å². The number of rotatable bonds is 0. The number of hydrogen-bond donors (Lipinski definition) is 0. The van der Waals surface area contributed by atoms with E-state index >= 15 is 0 Å². The number of cyclic esters (lactones) is 1. The molecule has 0 N–H and O–H groups in total. The summed E-state index contributed by atoms with van der Waals surface area (Å²) in [6.07, 6.45) is 4.91. The highest BCUT2D eigenvalue weighted by molar-refractivity contribution is 6.41. The van der Waals surface area contributed by atoms with Crippen LogP contribution in [0.25, 0.3) is 0 Å². The van der Waals surface area contributed by atoms with Gasteiger partial charge in [-0.3, -0.25) is 0 Å². The van der Waals surface area contributed by atoms with Crippen LogP contribution < -0.4 is 0 Å². The molecular weight excluding hydrogens is 140 g/mol. The largest absolute Gasteiger partial charge is 0.457 e. The summed E-state index contributed by atoms with van der Waals surface area (Å²) < 4.78 is 4.59. The van der Waals surface area contributed by atoms with E-state index in [9.17, 15) is 4.79 Å². The SMILES string of the molecule is O=C1OCC=CC=C1Cl. The normalized spacial score (nSPS) is 18.3. The van der Waals surface area contributed by atoms with Crippen LogP contribution >= 0.6 is 11.6 Å². The van der Waals surface area contributed by atoms with Crippen LogP contribution in [-0.2, 0) is 9.53 Å². The quantitative estimate of drug-likeness (QED) is 0.478. The highest BCUT2D eigenvalue weighted by Crippen LogP contribution is 2.06. The second-order valence-electron chi connectivity index (χ2n) is 1.54. The number of esters is 1. The molecule has 0 bridgehead atoms. The predicted molar refractivity (Wildman–Crippen MR) is 34.0 cm³/mol. The molecule has 0 amide bonds. The average molecular weight is 145 g/mol. The van der Waals surface area contributed by atoms with Crippen molar-refractivity contribution >= 4 is 17.6 Å². The number of halogens is 1. The summed E-state index contributed by atoms with van der Waals surface area (Å²) in [5, 5.41) is 0.128. The van der Waals surface area contributed by atoms with Crippen LogP contribution in [-0.4, -0.2) is 12.6 Å². The van der Waals surface area contributed by atoms with E-state index in [0.29, 0.717) is 6.61 Å². The molecule has 1 aliphatic rings. The maximum atomic E-state index is 10.6. The van der Waals surface area contributed by atoms with Crippen molar-refractivity contribution < 1.29 is 9.53 Å². The Morgan fingerprint density at radius 3 is 3.22 bits per heavy atom. The van der Waals surface area contributed by atoms with Gasteiger partial charge in [0, 0.05) is 0 Å². The zero-order valence-corrected chi connectivity index (χ0v) is 5.39. The summed E-state index contributed by atoms with van der Waals surface area (Å²) in [6.45, 7) is 0.311. The van der Waals surface area contributed by atoms with Gasteiger partial charge >= 0.3 is 5.97 Å². The molecule has 0 aromatic rings. The Morgan fingerprint density at radius 1 is 1.67 bits per heavy atom. The fourth-order valence-electron chi connectivity index (χ4n) is 0.469. The summed E-state index contributed by atoms with van der Waals surface area (Å²) in [5.74, 6) is -0.457. The van der Waals surface area contributed by atoms with Gasteiger partial charge in [0.2, 0.25) is 0 Å². The third-order valence-electron chi connectivity index (χ3n) is 0.884. The first-order valence-electron chi connectivity index (χ1n) is 2.50. The van der Waals surface area contributed by atoms with Gasteiger partial charge in [0.25, 0.3) is 0 Å². The molecule has 0 spiro atoms. The minimum Gasteiger partial charge on any atom is -0.457 e. The second-order valence-corrected chi connectivity index (χ2v) is 1.95. The molecular formula is C6H5ClO2. The molecule has 0 unspecified atom stereocenters. The Bertz CT molecular complexity index is 181. The van der Waals surface area contributed by atoms with E-state index in [1.165, 1.54) is 6.08 Å². The van der Waals surface area contributed by atoms with Crippen molar-refractivity contribution in [2.24, 2.45) is 0 Å². The lowest BCUT2D eigenvalue weighted by molar-refractivity contribution is -0.136. The molecule has 0 atom stereocenters. The third-order valence-corrected chi connectivity index (χ3v) is 1.16. The first kappa shape index (κ1) is 6.36. The maximum Gasteiger partial charge on any atom is 0.350 e. The van der Waals surface area contributed by atoms with Crippen LogP contribution in [0.5, 0.6) is 0 Å². The Labute approximate surface area is 57.8 Å². The standard InChI is InChI=1S/C6H5ClO2/c7-5-3-1-2-4-9-6(5)8/h1-3H,4H2. The summed E-state index contributed by atoms with van der Waals surface area (Å²) in [6, 6.07) is 0. The fourth-order valence-corrected chi connectivity index (χ4v) is 0.596. The van der Waals surface area contributed by atoms with Gasteiger partial charge in [0.15, 0.2) is 0 Å². The Hall–Kier alpha value is -0.760. The van der Waals surface area contributed by atoms with Gasteiger partial charge in [-0.05, 0) is 12.2 Å². The summed E-state index contributed by atoms with van der Waals surface area (Å²) in [5.41, 5.74) is 0. The van der Waals surface area contributed by atoms with Crippen molar-refractivity contribution in [1.82, 2.24) is 0 Å². The second kappa shape index (κ2) is 2.69. The maximum absolute atomic E-state index is 10.6. The Morgan fingerprint density at radius 2 is 2.44 bits per heavy atom. The highest BCUT2D eigenvalue weighted by Gasteiger charge is 2.06. The number of carbonyl (C=O) groups excluding carboxylic acids is 1. The molecule has 3 heteroatoms. The topological polar surface area (TPSA) is 26.3 Å². The zero-order chi connectivity index (χ0) is 6.69. The lowest BCUT2D eigenvalue weighted by atomic mass is 10.4. The van der Waals surface area contributed by atoms with Crippen LogP contribution in [0.15, 0.2) is 23.3 Å². The lowest BCUT2D eigenvalue weighted by Crippen LogP contribution is -2.01. The molecule has 0 saturated carbocycles. The first-order valence-corrected chi connectivity index (χ1v) is 2.88. The van der Waals surface area contributed by atoms with Crippen LogP contribution in [0.3, 0.4) is 0 Å². The lowest BCUT2D eigenvalue weighted by Gasteiger charge is -1.94. The molecule has 0 aliphatic carbocycles. The van der Waals surface area contributed by atoms with E-state index in [4.69, 9.17) is 11.6 Å². The summed E-state index contributed by atoms with van der Waals surface area (Å²) >= 11 is 5.41. The van der Waals surface area contributed by atoms with Gasteiger partial charge in [-0.2, -0.15) is 0 Å². The molecule has 1 heterocycles. The first-order chi connectivity index (χ1) is 4.30. The molecule has 1 aliphatic heterocycles. The van der Waals surface area contributed by atoms with Gasteiger partial charge in [0.05, 0.1) is 0 Å². The van der Waals surface area contributed by atoms with E-state index < -0.39 is 5.97 Å². The highest BCUT2D eigenvalue weighted by atomic mass is 35.5. The van der Waals surface area contributed by atoms with Crippen LogP contribution in [0, 0.1) is 0 Å². The molecule has 9 heavy (non-hydrogen) atoms. The number of ether oxygens (including phenoxy) is 1. The molecule has 0 aromatic heterocycles. The van der Waals surface area contributed by atoms with Crippen LogP contribution in [0.4, 0.5) is 0 Å². The van der Waals surface area contributed by atoms with Crippen molar-refractivity contribution in [2.45, 2.75) is 0 Å². The molecule has 2 nitrogen and oxygen atoms in total. The molecule has 1 rings (SSSR count). The minimum atomic E-state index is -0.457. The van der Waals surface area contributed by atoms with Gasteiger partial charge < -0.3 is 4.74 Å². The molecule has 0 radical (unpaired) electrons. The van der Waals surface area contributed by atoms with E-state index in [-0.39, 0.29) is 5.03 Å². The fraction of sp³-hybridized carbons (Fsp3) is 0.167. The number of carbonyl (C=O) groups is 1. The third kappa shape index (κ3) is 1.57. The van der Waals surface area contributed by atoms with Crippen LogP contribution in [0.2, 0.25) is 0 Å². The Balaban J connectivity index is 2.74. The van der Waals surface area contributed by atoms with Crippen LogP contribution in [0.1, 0.15) is 0 Å². The van der Waals surface area contributed by atoms with Crippen molar-refractivity contribution in [3.05, 3.63) is 23.3 Å². The number of allylic oxidation sites excluding steroid dienone is 2. The van der Waals surface area contributed by atoms with Crippen molar-refractivity contribution in [3.63, 3.8) is 0 Å². The molecule has 48 valence electrons. The van der Waals surface area contributed by atoms with E-state index in [1.807, 2.05) is 0 Å². The van der Waals surface area contributed by atoms with Gasteiger partial charge in [-0.25, -0.2) is 4.79 Å². The van der Waals surface area contributed by atoms with Crippen molar-refractivity contribution in [2.75, 3.05) is 6.61 Å². The summed E-state index contributed by atoms with van der Waals surface area (Å²) in [7, 11) is 0. The molecule has 0 aromatic carbocycles. The monoisotopic (exact) mass is 144 g/mol.